The smallest absolute Gasteiger partial charge is 0.180 e. The van der Waals surface area contributed by atoms with Gasteiger partial charge in [-0.2, -0.15) is 0 Å². The van der Waals surface area contributed by atoms with Crippen molar-refractivity contribution in [1.82, 2.24) is 0 Å². The first kappa shape index (κ1) is 23.6. The lowest BCUT2D eigenvalue weighted by Crippen LogP contribution is -2.29. The van der Waals surface area contributed by atoms with Crippen LogP contribution in [0, 0.1) is 6.92 Å². The molecule has 0 aromatic heterocycles. The molecule has 1 heterocycles. The molecule has 4 rings (SSSR count). The lowest BCUT2D eigenvalue weighted by atomic mass is 10.1. The van der Waals surface area contributed by atoms with Crippen LogP contribution in [0.5, 0.6) is 11.5 Å². The van der Waals surface area contributed by atoms with Gasteiger partial charge in [0.15, 0.2) is 11.5 Å². The van der Waals surface area contributed by atoms with E-state index < -0.39 is 0 Å². The second-order valence-electron chi connectivity index (χ2n) is 8.45. The van der Waals surface area contributed by atoms with E-state index in [0.29, 0.717) is 29.7 Å². The van der Waals surface area contributed by atoms with Gasteiger partial charge in [0.1, 0.15) is 6.61 Å². The van der Waals surface area contributed by atoms with E-state index in [1.165, 1.54) is 24.8 Å². The Labute approximate surface area is 206 Å². The summed E-state index contributed by atoms with van der Waals surface area (Å²) in [6, 6.07) is 18.3. The molecule has 4 nitrogen and oxygen atoms in total. The zero-order valence-electron chi connectivity index (χ0n) is 19.2. The predicted octanol–water partition coefficient (Wildman–Crippen LogP) is 7.49. The Bertz CT molecular complexity index is 1080. The third-order valence-corrected chi connectivity index (χ3v) is 6.52. The molecule has 174 valence electrons. The molecule has 0 radical (unpaired) electrons. The van der Waals surface area contributed by atoms with E-state index in [4.69, 9.17) is 32.7 Å². The van der Waals surface area contributed by atoms with E-state index in [9.17, 15) is 0 Å². The van der Waals surface area contributed by atoms with Gasteiger partial charge in [0, 0.05) is 25.3 Å². The molecule has 0 atom stereocenters. The number of nitrogens with zero attached hydrogens (tertiary/aromatic N) is 1. The molecule has 1 saturated heterocycles. The molecule has 0 bridgehead atoms. The van der Waals surface area contributed by atoms with E-state index in [1.54, 1.807) is 7.11 Å². The van der Waals surface area contributed by atoms with Gasteiger partial charge >= 0.3 is 0 Å². The summed E-state index contributed by atoms with van der Waals surface area (Å²) < 4.78 is 11.6. The van der Waals surface area contributed by atoms with Crippen LogP contribution in [0.4, 0.5) is 11.4 Å². The Balaban J connectivity index is 1.41. The molecule has 0 spiro atoms. The van der Waals surface area contributed by atoms with Gasteiger partial charge in [-0.05, 0) is 67.6 Å². The van der Waals surface area contributed by atoms with Gasteiger partial charge in [0.05, 0.1) is 22.8 Å². The molecule has 1 aliphatic rings. The Hall–Kier alpha value is -2.56. The highest BCUT2D eigenvalue weighted by Gasteiger charge is 2.15. The summed E-state index contributed by atoms with van der Waals surface area (Å²) in [6.45, 7) is 5.23. The highest BCUT2D eigenvalue weighted by molar-refractivity contribution is 6.33. The van der Waals surface area contributed by atoms with Crippen LogP contribution in [0.2, 0.25) is 10.0 Å². The van der Waals surface area contributed by atoms with E-state index in [1.807, 2.05) is 18.2 Å². The van der Waals surface area contributed by atoms with Gasteiger partial charge in [-0.1, -0.05) is 53.0 Å². The zero-order chi connectivity index (χ0) is 23.2. The molecule has 33 heavy (non-hydrogen) atoms. The third-order valence-electron chi connectivity index (χ3n) is 5.93. The topological polar surface area (TPSA) is 33.7 Å². The number of ether oxygens (including phenoxy) is 2. The monoisotopic (exact) mass is 484 g/mol. The summed E-state index contributed by atoms with van der Waals surface area (Å²) in [4.78, 5) is 2.37. The summed E-state index contributed by atoms with van der Waals surface area (Å²) in [6.07, 6.45) is 3.75. The van der Waals surface area contributed by atoms with E-state index in [-0.39, 0.29) is 0 Å². The van der Waals surface area contributed by atoms with Crippen molar-refractivity contribution in [2.75, 3.05) is 30.4 Å². The molecule has 1 aliphatic heterocycles. The number of rotatable bonds is 8. The summed E-state index contributed by atoms with van der Waals surface area (Å²) in [5, 5.41) is 4.74. The quantitative estimate of drug-likeness (QED) is 0.358. The zero-order valence-corrected chi connectivity index (χ0v) is 20.7. The van der Waals surface area contributed by atoms with E-state index >= 15 is 0 Å². The molecule has 6 heteroatoms. The lowest BCUT2D eigenvalue weighted by molar-refractivity contribution is 0.284. The Morgan fingerprint density at radius 3 is 2.33 bits per heavy atom. The number of nitrogens with one attached hydrogen (secondary N) is 1. The normalized spacial score (nSPS) is 13.6. The molecule has 3 aromatic rings. The van der Waals surface area contributed by atoms with Gasteiger partial charge in [-0.25, -0.2) is 0 Å². The highest BCUT2D eigenvalue weighted by atomic mass is 35.5. The lowest BCUT2D eigenvalue weighted by Gasteiger charge is -2.29. The number of methoxy groups -OCH3 is 1. The second kappa shape index (κ2) is 11.0. The number of anilines is 2. The van der Waals surface area contributed by atoms with Crippen LogP contribution in [0.3, 0.4) is 0 Å². The number of halogens is 2. The van der Waals surface area contributed by atoms with Crippen LogP contribution in [0.1, 0.15) is 36.0 Å². The Morgan fingerprint density at radius 1 is 0.879 bits per heavy atom. The maximum atomic E-state index is 6.59. The first-order valence-electron chi connectivity index (χ1n) is 11.4. The first-order chi connectivity index (χ1) is 16.0. The van der Waals surface area contributed by atoms with E-state index in [0.717, 1.165) is 40.6 Å². The van der Waals surface area contributed by atoms with Gasteiger partial charge < -0.3 is 19.7 Å². The fourth-order valence-corrected chi connectivity index (χ4v) is 4.66. The van der Waals surface area contributed by atoms with Gasteiger partial charge in [-0.3, -0.25) is 0 Å². The highest BCUT2D eigenvalue weighted by Crippen LogP contribution is 2.37. The summed E-state index contributed by atoms with van der Waals surface area (Å²) >= 11 is 13.2. The van der Waals surface area contributed by atoms with Crippen LogP contribution < -0.4 is 19.7 Å². The van der Waals surface area contributed by atoms with Gasteiger partial charge in [0.2, 0.25) is 0 Å². The molecule has 1 N–H and O–H groups in total. The predicted molar refractivity (Wildman–Crippen MR) is 138 cm³/mol. The molecular weight excluding hydrogens is 455 g/mol. The maximum Gasteiger partial charge on any atom is 0.180 e. The number of hydrogen-bond acceptors (Lipinski definition) is 4. The molecule has 0 saturated carbocycles. The molecule has 0 aliphatic carbocycles. The minimum Gasteiger partial charge on any atom is -0.493 e. The fraction of sp³-hybridized carbons (Fsp3) is 0.333. The molecule has 3 aromatic carbocycles. The second-order valence-corrected chi connectivity index (χ2v) is 9.27. The Kier molecular flexibility index (Phi) is 7.89. The minimum absolute atomic E-state index is 0.426. The van der Waals surface area contributed by atoms with Crippen molar-refractivity contribution >= 4 is 34.6 Å². The van der Waals surface area contributed by atoms with Crippen molar-refractivity contribution in [3.63, 3.8) is 0 Å². The number of piperidine rings is 1. The summed E-state index contributed by atoms with van der Waals surface area (Å²) in [5.74, 6) is 1.17. The van der Waals surface area contributed by atoms with Crippen LogP contribution >= 0.6 is 23.2 Å². The van der Waals surface area contributed by atoms with Crippen molar-refractivity contribution in [3.05, 3.63) is 81.3 Å². The maximum absolute atomic E-state index is 6.59. The molecule has 0 amide bonds. The third kappa shape index (κ3) is 6.07. The van der Waals surface area contributed by atoms with Crippen molar-refractivity contribution in [3.8, 4) is 11.5 Å². The number of hydrogen-bond donors (Lipinski definition) is 1. The SMILES string of the molecule is COc1cc(CNc2ccc(N3CCCCC3)c(Cl)c2)cc(Cl)c1OCc1ccc(C)cc1. The van der Waals surface area contributed by atoms with Crippen LogP contribution in [-0.2, 0) is 13.2 Å². The Morgan fingerprint density at radius 2 is 1.64 bits per heavy atom. The van der Waals surface area contributed by atoms with Crippen molar-refractivity contribution < 1.29 is 9.47 Å². The molecule has 1 fully saturated rings. The van der Waals surface area contributed by atoms with Crippen molar-refractivity contribution in [1.29, 1.82) is 0 Å². The van der Waals surface area contributed by atoms with Crippen LogP contribution in [0.25, 0.3) is 0 Å². The van der Waals surface area contributed by atoms with Crippen LogP contribution in [0.15, 0.2) is 54.6 Å². The first-order valence-corrected chi connectivity index (χ1v) is 12.1. The van der Waals surface area contributed by atoms with Gasteiger partial charge in [0.25, 0.3) is 0 Å². The number of benzene rings is 3. The van der Waals surface area contributed by atoms with Crippen molar-refractivity contribution in [2.45, 2.75) is 39.3 Å². The standard InChI is InChI=1S/C27H30Cl2N2O2/c1-19-6-8-20(9-7-19)18-33-27-24(29)14-21(15-26(27)32-2)17-30-22-10-11-25(23(28)16-22)31-12-4-3-5-13-31/h6-11,14-16,30H,3-5,12-13,17-18H2,1-2H3. The summed E-state index contributed by atoms with van der Waals surface area (Å²) in [7, 11) is 1.63. The van der Waals surface area contributed by atoms with Crippen LogP contribution in [-0.4, -0.2) is 20.2 Å². The number of aryl methyl sites for hydroxylation is 1. The molecule has 0 unspecified atom stereocenters. The van der Waals surface area contributed by atoms with E-state index in [2.05, 4.69) is 53.5 Å². The summed E-state index contributed by atoms with van der Waals surface area (Å²) in [5.41, 5.74) is 5.37. The van der Waals surface area contributed by atoms with Crippen molar-refractivity contribution in [2.24, 2.45) is 0 Å². The molecular formula is C27H30Cl2N2O2. The minimum atomic E-state index is 0.426. The van der Waals surface area contributed by atoms with Gasteiger partial charge in [-0.15, -0.1) is 0 Å². The largest absolute Gasteiger partial charge is 0.493 e. The fourth-order valence-electron chi connectivity index (χ4n) is 4.07. The average Bonchev–Trinajstić information content (AvgIpc) is 2.83. The average molecular weight is 485 g/mol.